The number of rotatable bonds is 5. The van der Waals surface area contributed by atoms with Crippen LogP contribution in [0.5, 0.6) is 0 Å². The van der Waals surface area contributed by atoms with E-state index >= 15 is 0 Å². The van der Waals surface area contributed by atoms with Crippen molar-refractivity contribution in [3.05, 3.63) is 34.3 Å². The molecule has 5 nitrogen and oxygen atoms in total. The van der Waals surface area contributed by atoms with Crippen LogP contribution in [0.4, 0.5) is 0 Å². The monoisotopic (exact) mass is 382 g/mol. The molecule has 1 aromatic rings. The number of carbonyl (C=O) groups excluding carboxylic acids is 1. The number of carboxylic acids is 1. The molecule has 1 N–H and O–H groups in total. The van der Waals surface area contributed by atoms with Gasteiger partial charge in [-0.2, -0.15) is 0 Å². The molecule has 0 radical (unpaired) electrons. The third-order valence-electron chi connectivity index (χ3n) is 4.23. The van der Waals surface area contributed by atoms with Crippen LogP contribution >= 0.6 is 15.9 Å². The van der Waals surface area contributed by atoms with Crippen LogP contribution in [0, 0.1) is 11.8 Å². The molecule has 1 aliphatic heterocycles. The standard InChI is InChI=1S/C17H23BrN2O3/c1-12-7-14(17(22)23)10-20(8-12)11-16(21)19(2)9-13-5-3-4-6-15(13)18/h3-6,12,14H,7-11H2,1-2H3,(H,22,23). The number of benzene rings is 1. The molecule has 2 rings (SSSR count). The number of likely N-dealkylation sites (N-methyl/N-ethyl adjacent to an activating group) is 1. The van der Waals surface area contributed by atoms with E-state index in [9.17, 15) is 14.7 Å². The van der Waals surface area contributed by atoms with Gasteiger partial charge in [-0.05, 0) is 24.0 Å². The molecule has 0 bridgehead atoms. The Morgan fingerprint density at radius 2 is 2.04 bits per heavy atom. The maximum Gasteiger partial charge on any atom is 0.307 e. The lowest BCUT2D eigenvalue weighted by Gasteiger charge is -2.35. The highest BCUT2D eigenvalue weighted by Gasteiger charge is 2.30. The predicted octanol–water partition coefficient (Wildman–Crippen LogP) is 2.45. The molecule has 1 amide bonds. The Labute approximate surface area is 145 Å². The van der Waals surface area contributed by atoms with Crippen molar-refractivity contribution in [3.63, 3.8) is 0 Å². The van der Waals surface area contributed by atoms with Gasteiger partial charge < -0.3 is 10.0 Å². The fraction of sp³-hybridized carbons (Fsp3) is 0.529. The van der Waals surface area contributed by atoms with E-state index in [0.717, 1.165) is 16.6 Å². The second-order valence-corrected chi connectivity index (χ2v) is 7.27. The first-order valence-electron chi connectivity index (χ1n) is 7.79. The predicted molar refractivity (Wildman–Crippen MR) is 92.0 cm³/mol. The third kappa shape index (κ3) is 5.04. The van der Waals surface area contributed by atoms with Gasteiger partial charge in [-0.25, -0.2) is 0 Å². The average Bonchev–Trinajstić information content (AvgIpc) is 2.48. The number of nitrogens with zero attached hydrogens (tertiary/aromatic N) is 2. The summed E-state index contributed by atoms with van der Waals surface area (Å²) in [6.45, 7) is 4.07. The molecular formula is C17H23BrN2O3. The topological polar surface area (TPSA) is 60.9 Å². The molecular weight excluding hydrogens is 360 g/mol. The van der Waals surface area contributed by atoms with Gasteiger partial charge in [0, 0.05) is 31.2 Å². The van der Waals surface area contributed by atoms with Crippen molar-refractivity contribution >= 4 is 27.8 Å². The minimum Gasteiger partial charge on any atom is -0.481 e. The Hall–Kier alpha value is -1.40. The number of likely N-dealkylation sites (tertiary alicyclic amines) is 1. The van der Waals surface area contributed by atoms with E-state index < -0.39 is 5.97 Å². The van der Waals surface area contributed by atoms with Gasteiger partial charge in [0.15, 0.2) is 0 Å². The molecule has 1 saturated heterocycles. The summed E-state index contributed by atoms with van der Waals surface area (Å²) in [5, 5.41) is 9.22. The summed E-state index contributed by atoms with van der Waals surface area (Å²) in [6.07, 6.45) is 0.687. The van der Waals surface area contributed by atoms with Crippen LogP contribution in [0.3, 0.4) is 0 Å². The van der Waals surface area contributed by atoms with Crippen molar-refractivity contribution in [2.24, 2.45) is 11.8 Å². The molecule has 126 valence electrons. The van der Waals surface area contributed by atoms with Crippen molar-refractivity contribution in [1.82, 2.24) is 9.80 Å². The van der Waals surface area contributed by atoms with Crippen molar-refractivity contribution in [2.45, 2.75) is 19.9 Å². The molecule has 2 unspecified atom stereocenters. The summed E-state index contributed by atoms with van der Waals surface area (Å²) in [5.74, 6) is -0.832. The van der Waals surface area contributed by atoms with E-state index in [4.69, 9.17) is 0 Å². The summed E-state index contributed by atoms with van der Waals surface area (Å²) < 4.78 is 0.984. The zero-order chi connectivity index (χ0) is 17.0. The van der Waals surface area contributed by atoms with E-state index in [2.05, 4.69) is 15.9 Å². The van der Waals surface area contributed by atoms with Gasteiger partial charge >= 0.3 is 5.97 Å². The molecule has 23 heavy (non-hydrogen) atoms. The molecule has 0 aromatic heterocycles. The fourth-order valence-corrected chi connectivity index (χ4v) is 3.46. The fourth-order valence-electron chi connectivity index (χ4n) is 3.05. The highest BCUT2D eigenvalue weighted by molar-refractivity contribution is 9.10. The second kappa shape index (κ2) is 7.93. The average molecular weight is 383 g/mol. The summed E-state index contributed by atoms with van der Waals surface area (Å²) in [4.78, 5) is 27.3. The number of hydrogen-bond acceptors (Lipinski definition) is 3. The highest BCUT2D eigenvalue weighted by Crippen LogP contribution is 2.22. The quantitative estimate of drug-likeness (QED) is 0.849. The van der Waals surface area contributed by atoms with E-state index in [-0.39, 0.29) is 18.4 Å². The van der Waals surface area contributed by atoms with Crippen LogP contribution in [0.1, 0.15) is 18.9 Å². The highest BCUT2D eigenvalue weighted by atomic mass is 79.9. The van der Waals surface area contributed by atoms with E-state index in [1.807, 2.05) is 36.1 Å². The largest absolute Gasteiger partial charge is 0.481 e. The first-order valence-corrected chi connectivity index (χ1v) is 8.58. The zero-order valence-corrected chi connectivity index (χ0v) is 15.1. The van der Waals surface area contributed by atoms with Crippen LogP contribution < -0.4 is 0 Å². The van der Waals surface area contributed by atoms with Gasteiger partial charge in [0.25, 0.3) is 0 Å². The number of piperidine rings is 1. The zero-order valence-electron chi connectivity index (χ0n) is 13.5. The van der Waals surface area contributed by atoms with Gasteiger partial charge in [-0.15, -0.1) is 0 Å². The van der Waals surface area contributed by atoms with Crippen LogP contribution in [0.2, 0.25) is 0 Å². The Balaban J connectivity index is 1.92. The number of carboxylic acid groups (broad SMARTS) is 1. The van der Waals surface area contributed by atoms with E-state index in [1.54, 1.807) is 11.9 Å². The van der Waals surface area contributed by atoms with Crippen molar-refractivity contribution in [2.75, 3.05) is 26.7 Å². The van der Waals surface area contributed by atoms with Crippen LogP contribution in [0.15, 0.2) is 28.7 Å². The number of halogens is 1. The van der Waals surface area contributed by atoms with Crippen LogP contribution in [-0.2, 0) is 16.1 Å². The molecule has 1 fully saturated rings. The number of amides is 1. The number of hydrogen-bond donors (Lipinski definition) is 1. The molecule has 0 saturated carbocycles. The minimum absolute atomic E-state index is 0.0130. The molecule has 6 heteroatoms. The van der Waals surface area contributed by atoms with Gasteiger partial charge in [0.2, 0.25) is 5.91 Å². The molecule has 0 spiro atoms. The third-order valence-corrected chi connectivity index (χ3v) is 5.01. The smallest absolute Gasteiger partial charge is 0.307 e. The first-order chi connectivity index (χ1) is 10.9. The molecule has 1 heterocycles. The summed E-state index contributed by atoms with van der Waals surface area (Å²) in [6, 6.07) is 7.83. The van der Waals surface area contributed by atoms with E-state index in [1.165, 1.54) is 0 Å². The van der Waals surface area contributed by atoms with Gasteiger partial charge in [-0.3, -0.25) is 14.5 Å². The van der Waals surface area contributed by atoms with Gasteiger partial charge in [0.1, 0.15) is 0 Å². The Morgan fingerprint density at radius 3 is 2.70 bits per heavy atom. The number of carbonyl (C=O) groups is 2. The lowest BCUT2D eigenvalue weighted by Crippen LogP contribution is -2.47. The summed E-state index contributed by atoms with van der Waals surface area (Å²) >= 11 is 3.49. The SMILES string of the molecule is CC1CC(C(=O)O)CN(CC(=O)N(C)Cc2ccccc2Br)C1. The van der Waals surface area contributed by atoms with Crippen LogP contribution in [0.25, 0.3) is 0 Å². The second-order valence-electron chi connectivity index (χ2n) is 6.41. The Kier molecular flexibility index (Phi) is 6.18. The summed E-state index contributed by atoms with van der Waals surface area (Å²) in [5.41, 5.74) is 1.05. The molecule has 1 aliphatic rings. The van der Waals surface area contributed by atoms with Crippen molar-refractivity contribution < 1.29 is 14.7 Å². The van der Waals surface area contributed by atoms with Crippen LogP contribution in [-0.4, -0.2) is 53.5 Å². The van der Waals surface area contributed by atoms with Crippen molar-refractivity contribution in [1.29, 1.82) is 0 Å². The summed E-state index contributed by atoms with van der Waals surface area (Å²) in [7, 11) is 1.78. The normalized spacial score (nSPS) is 21.9. The van der Waals surface area contributed by atoms with E-state index in [0.29, 0.717) is 25.4 Å². The van der Waals surface area contributed by atoms with Gasteiger partial charge in [-0.1, -0.05) is 41.1 Å². The molecule has 2 atom stereocenters. The van der Waals surface area contributed by atoms with Gasteiger partial charge in [0.05, 0.1) is 12.5 Å². The van der Waals surface area contributed by atoms with Crippen molar-refractivity contribution in [3.8, 4) is 0 Å². The lowest BCUT2D eigenvalue weighted by molar-refractivity contribution is -0.145. The first kappa shape index (κ1) is 17.9. The molecule has 1 aromatic carbocycles. The maximum atomic E-state index is 12.4. The molecule has 0 aliphatic carbocycles. The Bertz CT molecular complexity index is 579. The maximum absolute atomic E-state index is 12.4. The Morgan fingerprint density at radius 1 is 1.35 bits per heavy atom. The number of aliphatic carboxylic acids is 1. The minimum atomic E-state index is -0.768. The lowest BCUT2D eigenvalue weighted by atomic mass is 9.90.